The molecule has 0 atom stereocenters. The third kappa shape index (κ3) is 4.25. The van der Waals surface area contributed by atoms with Crippen LogP contribution in [0.4, 0.5) is 0 Å². The summed E-state index contributed by atoms with van der Waals surface area (Å²) in [6.45, 7) is -0.632. The number of nitrogens with zero attached hydrogens (tertiary/aromatic N) is 1. The van der Waals surface area contributed by atoms with Crippen LogP contribution in [0.25, 0.3) is 0 Å². The highest BCUT2D eigenvalue weighted by Gasteiger charge is 2.14. The molecule has 0 saturated heterocycles. The van der Waals surface area contributed by atoms with E-state index in [0.29, 0.717) is 5.56 Å². The highest BCUT2D eigenvalue weighted by atomic mass is 16.4. The Labute approximate surface area is 104 Å². The van der Waals surface area contributed by atoms with Crippen LogP contribution in [0.5, 0.6) is 0 Å². The van der Waals surface area contributed by atoms with Gasteiger partial charge in [-0.15, -0.1) is 0 Å². The molecular formula is C12H14N2O4. The van der Waals surface area contributed by atoms with Crippen molar-refractivity contribution < 1.29 is 19.5 Å². The van der Waals surface area contributed by atoms with Gasteiger partial charge in [0.25, 0.3) is 5.91 Å². The molecule has 0 unspecified atom stereocenters. The highest BCUT2D eigenvalue weighted by Crippen LogP contribution is 2.02. The fourth-order valence-electron chi connectivity index (χ4n) is 1.32. The van der Waals surface area contributed by atoms with Crippen LogP contribution >= 0.6 is 0 Å². The fourth-order valence-corrected chi connectivity index (χ4v) is 1.32. The molecule has 1 rings (SSSR count). The Morgan fingerprint density at radius 1 is 1.22 bits per heavy atom. The predicted molar refractivity (Wildman–Crippen MR) is 64.0 cm³/mol. The first-order chi connectivity index (χ1) is 8.50. The van der Waals surface area contributed by atoms with Crippen molar-refractivity contribution in [2.75, 3.05) is 20.1 Å². The molecule has 1 aromatic carbocycles. The van der Waals surface area contributed by atoms with Crippen LogP contribution in [0.3, 0.4) is 0 Å². The number of nitrogens with one attached hydrogen (secondary N) is 1. The van der Waals surface area contributed by atoms with E-state index in [0.717, 1.165) is 0 Å². The van der Waals surface area contributed by atoms with Crippen molar-refractivity contribution in [2.24, 2.45) is 0 Å². The molecule has 0 saturated carbocycles. The minimum atomic E-state index is -1.12. The summed E-state index contributed by atoms with van der Waals surface area (Å²) in [5, 5.41) is 10.6. The Bertz CT molecular complexity index is 445. The zero-order chi connectivity index (χ0) is 13.5. The molecule has 0 radical (unpaired) electrons. The topological polar surface area (TPSA) is 86.7 Å². The lowest BCUT2D eigenvalue weighted by Gasteiger charge is -2.16. The van der Waals surface area contributed by atoms with Gasteiger partial charge in [0.1, 0.15) is 6.54 Å². The van der Waals surface area contributed by atoms with E-state index < -0.39 is 18.4 Å². The number of carboxylic acids is 1. The number of carboxylic acid groups (broad SMARTS) is 1. The van der Waals surface area contributed by atoms with E-state index in [-0.39, 0.29) is 12.5 Å². The van der Waals surface area contributed by atoms with Gasteiger partial charge in [0, 0.05) is 12.6 Å². The quantitative estimate of drug-likeness (QED) is 0.767. The van der Waals surface area contributed by atoms with Gasteiger partial charge in [-0.2, -0.15) is 0 Å². The number of carbonyl (C=O) groups is 3. The number of rotatable bonds is 5. The normalized spacial score (nSPS) is 9.61. The van der Waals surface area contributed by atoms with E-state index >= 15 is 0 Å². The molecule has 0 bridgehead atoms. The first kappa shape index (κ1) is 13.7. The van der Waals surface area contributed by atoms with Gasteiger partial charge in [-0.05, 0) is 12.1 Å². The first-order valence-electron chi connectivity index (χ1n) is 5.29. The fraction of sp³-hybridized carbons (Fsp3) is 0.250. The largest absolute Gasteiger partial charge is 0.480 e. The average Bonchev–Trinajstić information content (AvgIpc) is 2.36. The van der Waals surface area contributed by atoms with Gasteiger partial charge in [0.2, 0.25) is 5.91 Å². The zero-order valence-corrected chi connectivity index (χ0v) is 9.92. The van der Waals surface area contributed by atoms with Gasteiger partial charge >= 0.3 is 5.97 Å². The Hall–Kier alpha value is -2.37. The second-order valence-electron chi connectivity index (χ2n) is 3.70. The molecule has 0 aliphatic rings. The molecule has 6 heteroatoms. The van der Waals surface area contributed by atoms with Gasteiger partial charge in [0.15, 0.2) is 0 Å². The molecule has 6 nitrogen and oxygen atoms in total. The molecule has 0 aromatic heterocycles. The first-order valence-corrected chi connectivity index (χ1v) is 5.29. The van der Waals surface area contributed by atoms with Gasteiger partial charge in [0.05, 0.1) is 6.54 Å². The van der Waals surface area contributed by atoms with Crippen molar-refractivity contribution in [3.05, 3.63) is 35.9 Å². The van der Waals surface area contributed by atoms with Crippen LogP contribution < -0.4 is 5.32 Å². The van der Waals surface area contributed by atoms with Crippen molar-refractivity contribution in [2.45, 2.75) is 0 Å². The number of likely N-dealkylation sites (N-methyl/N-ethyl adjacent to an activating group) is 1. The Balaban J connectivity index is 2.50. The molecular weight excluding hydrogens is 236 g/mol. The van der Waals surface area contributed by atoms with E-state index in [1.54, 1.807) is 30.3 Å². The second-order valence-corrected chi connectivity index (χ2v) is 3.70. The van der Waals surface area contributed by atoms with E-state index in [4.69, 9.17) is 5.11 Å². The van der Waals surface area contributed by atoms with Crippen LogP contribution in [0, 0.1) is 0 Å². The summed E-state index contributed by atoms with van der Waals surface area (Å²) in [6, 6.07) is 8.54. The molecule has 18 heavy (non-hydrogen) atoms. The number of amides is 2. The highest BCUT2D eigenvalue weighted by molar-refractivity contribution is 5.96. The van der Waals surface area contributed by atoms with Crippen molar-refractivity contribution >= 4 is 17.8 Å². The summed E-state index contributed by atoms with van der Waals surface area (Å²) in [4.78, 5) is 34.7. The van der Waals surface area contributed by atoms with E-state index in [9.17, 15) is 14.4 Å². The molecule has 96 valence electrons. The molecule has 0 aliphatic carbocycles. The van der Waals surface area contributed by atoms with Crippen molar-refractivity contribution in [1.82, 2.24) is 10.2 Å². The van der Waals surface area contributed by atoms with E-state index in [1.165, 1.54) is 11.9 Å². The van der Waals surface area contributed by atoms with E-state index in [1.807, 2.05) is 0 Å². The molecule has 2 N–H and O–H groups in total. The number of aliphatic carboxylic acids is 1. The molecule has 0 heterocycles. The minimum absolute atomic E-state index is 0.180. The summed E-state index contributed by atoms with van der Waals surface area (Å²) in [5.41, 5.74) is 0.478. The summed E-state index contributed by atoms with van der Waals surface area (Å²) in [7, 11) is 1.48. The van der Waals surface area contributed by atoms with Crippen LogP contribution in [0.15, 0.2) is 30.3 Å². The maximum atomic E-state index is 11.8. The van der Waals surface area contributed by atoms with Crippen LogP contribution in [0.1, 0.15) is 10.4 Å². The summed E-state index contributed by atoms with van der Waals surface area (Å²) < 4.78 is 0. The van der Waals surface area contributed by atoms with Gasteiger partial charge in [-0.3, -0.25) is 14.4 Å². The Morgan fingerprint density at radius 3 is 2.39 bits per heavy atom. The van der Waals surface area contributed by atoms with Crippen LogP contribution in [-0.4, -0.2) is 47.9 Å². The predicted octanol–water partition coefficient (Wildman–Crippen LogP) is -0.0406. The lowest BCUT2D eigenvalue weighted by atomic mass is 10.2. The lowest BCUT2D eigenvalue weighted by Crippen LogP contribution is -2.40. The second kappa shape index (κ2) is 6.39. The molecule has 0 aliphatic heterocycles. The van der Waals surface area contributed by atoms with Gasteiger partial charge in [-0.25, -0.2) is 0 Å². The van der Waals surface area contributed by atoms with E-state index in [2.05, 4.69) is 5.32 Å². The van der Waals surface area contributed by atoms with Crippen LogP contribution in [-0.2, 0) is 9.59 Å². The van der Waals surface area contributed by atoms with Crippen molar-refractivity contribution in [1.29, 1.82) is 0 Å². The van der Waals surface area contributed by atoms with Gasteiger partial charge < -0.3 is 15.3 Å². The number of benzene rings is 1. The maximum Gasteiger partial charge on any atom is 0.322 e. The maximum absolute atomic E-state index is 11.8. The average molecular weight is 250 g/mol. The number of carbonyl (C=O) groups excluding carboxylic acids is 2. The molecule has 0 spiro atoms. The number of hydrogen-bond donors (Lipinski definition) is 2. The summed E-state index contributed by atoms with van der Waals surface area (Å²) >= 11 is 0. The number of hydrogen-bond acceptors (Lipinski definition) is 3. The smallest absolute Gasteiger partial charge is 0.322 e. The summed E-state index contributed by atoms with van der Waals surface area (Å²) in [6.07, 6.45) is 0. The SMILES string of the molecule is CN(CC(=O)NCC(=O)O)C(=O)c1ccccc1. The third-order valence-corrected chi connectivity index (χ3v) is 2.18. The van der Waals surface area contributed by atoms with Crippen LogP contribution in [0.2, 0.25) is 0 Å². The Kier molecular flexibility index (Phi) is 4.86. The standard InChI is InChI=1S/C12H14N2O4/c1-14(8-10(15)13-7-11(16)17)12(18)9-5-3-2-4-6-9/h2-6H,7-8H2,1H3,(H,13,15)(H,16,17). The molecule has 2 amide bonds. The van der Waals surface area contributed by atoms with Crippen molar-refractivity contribution in [3.63, 3.8) is 0 Å². The third-order valence-electron chi connectivity index (χ3n) is 2.18. The van der Waals surface area contributed by atoms with Crippen molar-refractivity contribution in [3.8, 4) is 0 Å². The summed E-state index contributed by atoms with van der Waals surface area (Å²) in [5.74, 6) is -1.93. The zero-order valence-electron chi connectivity index (χ0n) is 9.92. The lowest BCUT2D eigenvalue weighted by molar-refractivity contribution is -0.138. The molecule has 1 aromatic rings. The monoisotopic (exact) mass is 250 g/mol. The van der Waals surface area contributed by atoms with Gasteiger partial charge in [-0.1, -0.05) is 18.2 Å². The Morgan fingerprint density at radius 2 is 1.83 bits per heavy atom. The molecule has 0 fully saturated rings. The minimum Gasteiger partial charge on any atom is -0.480 e.